The van der Waals surface area contributed by atoms with Crippen LogP contribution in [0.25, 0.3) is 0 Å². The van der Waals surface area contributed by atoms with Gasteiger partial charge in [0.05, 0.1) is 22.9 Å². The number of pyridine rings is 1. The quantitative estimate of drug-likeness (QED) is 0.448. The molecular weight excluding hydrogens is 438 g/mol. The summed E-state index contributed by atoms with van der Waals surface area (Å²) in [6.07, 6.45) is 7.86. The molecule has 1 aromatic carbocycles. The van der Waals surface area contributed by atoms with Crippen LogP contribution in [0.15, 0.2) is 78.2 Å². The van der Waals surface area contributed by atoms with E-state index in [9.17, 15) is 18.7 Å². The molecule has 0 bridgehead atoms. The van der Waals surface area contributed by atoms with Gasteiger partial charge in [-0.3, -0.25) is 9.78 Å². The van der Waals surface area contributed by atoms with Crippen molar-refractivity contribution in [3.8, 4) is 0 Å². The molecule has 0 spiro atoms. The molecule has 0 aliphatic heterocycles. The van der Waals surface area contributed by atoms with Gasteiger partial charge in [0.15, 0.2) is 0 Å². The Morgan fingerprint density at radius 3 is 2.76 bits per heavy atom. The van der Waals surface area contributed by atoms with Gasteiger partial charge < -0.3 is 21.6 Å². The number of hydrogen-bond donors (Lipinski definition) is 4. The summed E-state index contributed by atoms with van der Waals surface area (Å²) < 4.78 is 28.1. The second-order valence-corrected chi connectivity index (χ2v) is 8.60. The number of aromatic nitrogens is 1. The molecule has 176 valence electrons. The van der Waals surface area contributed by atoms with Crippen molar-refractivity contribution in [3.05, 3.63) is 101 Å². The smallest absolute Gasteiger partial charge is 0.252 e. The van der Waals surface area contributed by atoms with E-state index in [2.05, 4.69) is 10.3 Å². The molecule has 2 aliphatic carbocycles. The fraction of sp³-hybridized carbons (Fsp3) is 0.269. The molecule has 1 aromatic heterocycles. The Morgan fingerprint density at radius 2 is 2.12 bits per heavy atom. The van der Waals surface area contributed by atoms with E-state index in [-0.39, 0.29) is 29.0 Å². The standard InChI is InChI=1S/C26H26F2N4O2/c27-17-9-7-16(8-10-17)21(29)15-22(30)24-19(5-3-6-20(24)28)25(33)32-23(26(34)11-12-26)14-18-4-1-2-13-31-18/h1-9,13,15,17,23,30,34H,10-12,14,29H2,(H,32,33)/b21-15-,30-22?/t17?,23-/m0/s1. The normalized spacial score (nSPS) is 19.8. The van der Waals surface area contributed by atoms with E-state index < -0.39 is 29.5 Å². The third kappa shape index (κ3) is 5.28. The zero-order valence-electron chi connectivity index (χ0n) is 18.5. The van der Waals surface area contributed by atoms with Crippen LogP contribution in [0.1, 0.15) is 40.9 Å². The van der Waals surface area contributed by atoms with Crippen molar-refractivity contribution in [1.29, 1.82) is 5.41 Å². The lowest BCUT2D eigenvalue weighted by atomic mass is 9.97. The number of amides is 1. The number of carbonyl (C=O) groups is 1. The van der Waals surface area contributed by atoms with Crippen LogP contribution >= 0.6 is 0 Å². The molecule has 1 amide bonds. The van der Waals surface area contributed by atoms with Gasteiger partial charge >= 0.3 is 0 Å². The molecule has 0 radical (unpaired) electrons. The molecule has 34 heavy (non-hydrogen) atoms. The Labute approximate surface area is 196 Å². The summed E-state index contributed by atoms with van der Waals surface area (Å²) in [7, 11) is 0. The van der Waals surface area contributed by atoms with Gasteiger partial charge in [0.25, 0.3) is 5.91 Å². The summed E-state index contributed by atoms with van der Waals surface area (Å²) in [6.45, 7) is 0. The van der Waals surface area contributed by atoms with Crippen molar-refractivity contribution in [2.24, 2.45) is 5.73 Å². The van der Waals surface area contributed by atoms with E-state index >= 15 is 0 Å². The van der Waals surface area contributed by atoms with E-state index in [1.54, 1.807) is 24.4 Å². The highest BCUT2D eigenvalue weighted by Crippen LogP contribution is 2.39. The summed E-state index contributed by atoms with van der Waals surface area (Å²) in [4.78, 5) is 17.5. The number of carbonyl (C=O) groups excluding carboxylic acids is 1. The van der Waals surface area contributed by atoms with E-state index in [4.69, 9.17) is 11.1 Å². The number of halogens is 2. The lowest BCUT2D eigenvalue weighted by Gasteiger charge is -2.24. The molecule has 2 aromatic rings. The molecular formula is C26H26F2N4O2. The highest BCUT2D eigenvalue weighted by atomic mass is 19.1. The predicted octanol–water partition coefficient (Wildman–Crippen LogP) is 3.52. The largest absolute Gasteiger partial charge is 0.398 e. The van der Waals surface area contributed by atoms with Gasteiger partial charge in [-0.2, -0.15) is 0 Å². The molecule has 1 saturated carbocycles. The number of nitrogens with one attached hydrogen (secondary N) is 2. The second kappa shape index (κ2) is 9.69. The number of nitrogens with two attached hydrogens (primary N) is 1. The van der Waals surface area contributed by atoms with Crippen molar-refractivity contribution in [2.45, 2.75) is 43.5 Å². The van der Waals surface area contributed by atoms with Gasteiger partial charge in [0.1, 0.15) is 12.0 Å². The minimum Gasteiger partial charge on any atom is -0.398 e. The van der Waals surface area contributed by atoms with Crippen LogP contribution in [0.3, 0.4) is 0 Å². The van der Waals surface area contributed by atoms with E-state index in [1.807, 2.05) is 6.07 Å². The number of allylic oxidation sites excluding steroid dienone is 4. The average Bonchev–Trinajstić information content (AvgIpc) is 3.57. The Bertz CT molecular complexity index is 1190. The predicted molar refractivity (Wildman–Crippen MR) is 126 cm³/mol. The molecule has 1 heterocycles. The molecule has 5 N–H and O–H groups in total. The first kappa shape index (κ1) is 23.5. The fourth-order valence-corrected chi connectivity index (χ4v) is 3.92. The van der Waals surface area contributed by atoms with E-state index in [0.29, 0.717) is 30.5 Å². The monoisotopic (exact) mass is 464 g/mol. The van der Waals surface area contributed by atoms with Crippen molar-refractivity contribution in [3.63, 3.8) is 0 Å². The fourth-order valence-electron chi connectivity index (χ4n) is 3.92. The topological polar surface area (TPSA) is 112 Å². The first-order chi connectivity index (χ1) is 16.3. The van der Waals surface area contributed by atoms with Crippen LogP contribution in [0.4, 0.5) is 8.78 Å². The van der Waals surface area contributed by atoms with Crippen LogP contribution < -0.4 is 11.1 Å². The van der Waals surface area contributed by atoms with Crippen LogP contribution in [-0.2, 0) is 6.42 Å². The maximum atomic E-state index is 14.8. The Balaban J connectivity index is 1.58. The van der Waals surface area contributed by atoms with Crippen LogP contribution in [0.2, 0.25) is 0 Å². The summed E-state index contributed by atoms with van der Waals surface area (Å²) in [5, 5.41) is 22.0. The summed E-state index contributed by atoms with van der Waals surface area (Å²) >= 11 is 0. The third-order valence-corrected chi connectivity index (χ3v) is 6.06. The average molecular weight is 465 g/mol. The molecule has 1 fully saturated rings. The Hall–Kier alpha value is -3.65. The van der Waals surface area contributed by atoms with E-state index in [0.717, 1.165) is 6.07 Å². The summed E-state index contributed by atoms with van der Waals surface area (Å²) in [5.74, 6) is -1.35. The Kier molecular flexibility index (Phi) is 6.70. The van der Waals surface area contributed by atoms with Crippen molar-refractivity contribution in [2.75, 3.05) is 0 Å². The second-order valence-electron chi connectivity index (χ2n) is 8.60. The minimum atomic E-state index is -1.09. The number of aliphatic hydroxyl groups is 1. The van der Waals surface area contributed by atoms with Gasteiger partial charge in [0, 0.05) is 36.0 Å². The Morgan fingerprint density at radius 1 is 1.32 bits per heavy atom. The van der Waals surface area contributed by atoms with Crippen LogP contribution in [0, 0.1) is 11.2 Å². The SMILES string of the molecule is N=C(/C=C(\N)C1=CCC(F)C=C1)c1c(F)cccc1C(=O)N[C@@H](Cc1ccccn1)C1(O)CC1. The van der Waals surface area contributed by atoms with Crippen molar-refractivity contribution < 1.29 is 18.7 Å². The van der Waals surface area contributed by atoms with Gasteiger partial charge in [0.2, 0.25) is 0 Å². The third-order valence-electron chi connectivity index (χ3n) is 6.06. The number of alkyl halides is 1. The molecule has 2 aliphatic rings. The maximum Gasteiger partial charge on any atom is 0.252 e. The maximum absolute atomic E-state index is 14.8. The lowest BCUT2D eigenvalue weighted by molar-refractivity contribution is 0.0760. The first-order valence-electron chi connectivity index (χ1n) is 11.1. The molecule has 2 atom stereocenters. The zero-order chi connectivity index (χ0) is 24.3. The number of nitrogens with zero attached hydrogens (tertiary/aromatic N) is 1. The number of hydrogen-bond acceptors (Lipinski definition) is 5. The van der Waals surface area contributed by atoms with Gasteiger partial charge in [-0.05, 0) is 54.8 Å². The minimum absolute atomic E-state index is 0.0405. The molecule has 0 saturated heterocycles. The molecule has 8 heteroatoms. The number of benzene rings is 1. The molecule has 4 rings (SSSR count). The van der Waals surface area contributed by atoms with E-state index in [1.165, 1.54) is 30.4 Å². The molecule has 1 unspecified atom stereocenters. The van der Waals surface area contributed by atoms with Crippen molar-refractivity contribution in [1.82, 2.24) is 10.3 Å². The highest BCUT2D eigenvalue weighted by Gasteiger charge is 2.48. The summed E-state index contributed by atoms with van der Waals surface area (Å²) in [6, 6.07) is 8.77. The van der Waals surface area contributed by atoms with Crippen LogP contribution in [-0.4, -0.2) is 39.5 Å². The van der Waals surface area contributed by atoms with Gasteiger partial charge in [-0.15, -0.1) is 0 Å². The molecule has 6 nitrogen and oxygen atoms in total. The highest BCUT2D eigenvalue weighted by molar-refractivity contribution is 6.14. The van der Waals surface area contributed by atoms with Gasteiger partial charge in [-0.25, -0.2) is 8.78 Å². The summed E-state index contributed by atoms with van der Waals surface area (Å²) in [5.41, 5.74) is 5.89. The van der Waals surface area contributed by atoms with Gasteiger partial charge in [-0.1, -0.05) is 24.3 Å². The lowest BCUT2D eigenvalue weighted by Crippen LogP contribution is -2.46. The van der Waals surface area contributed by atoms with Crippen LogP contribution in [0.5, 0.6) is 0 Å². The first-order valence-corrected chi connectivity index (χ1v) is 11.1. The number of rotatable bonds is 8. The zero-order valence-corrected chi connectivity index (χ0v) is 18.5. The van der Waals surface area contributed by atoms with Crippen molar-refractivity contribution >= 4 is 11.6 Å².